The Hall–Kier alpha value is -3.67. The van der Waals surface area contributed by atoms with Crippen molar-refractivity contribution in [2.45, 2.75) is 6.54 Å². The zero-order chi connectivity index (χ0) is 18.6. The van der Waals surface area contributed by atoms with Gasteiger partial charge in [-0.2, -0.15) is 5.10 Å². The van der Waals surface area contributed by atoms with Gasteiger partial charge < -0.3 is 9.88 Å². The van der Waals surface area contributed by atoms with E-state index < -0.39 is 0 Å². The van der Waals surface area contributed by atoms with E-state index in [-0.39, 0.29) is 5.91 Å². The van der Waals surface area contributed by atoms with Crippen LogP contribution >= 0.6 is 0 Å². The third-order valence-corrected chi connectivity index (χ3v) is 4.31. The number of amides is 1. The van der Waals surface area contributed by atoms with Crippen LogP contribution in [0, 0.1) is 0 Å². The van der Waals surface area contributed by atoms with Crippen LogP contribution in [-0.2, 0) is 13.6 Å². The molecule has 0 unspecified atom stereocenters. The number of benzene rings is 1. The van der Waals surface area contributed by atoms with Gasteiger partial charge >= 0.3 is 0 Å². The fourth-order valence-corrected chi connectivity index (χ4v) is 2.93. The highest BCUT2D eigenvalue weighted by Crippen LogP contribution is 2.22. The summed E-state index contributed by atoms with van der Waals surface area (Å²) in [6, 6.07) is 21.0. The maximum atomic E-state index is 12.9. The van der Waals surface area contributed by atoms with Crippen LogP contribution in [0.5, 0.6) is 0 Å². The summed E-state index contributed by atoms with van der Waals surface area (Å²) in [4.78, 5) is 17.1. The van der Waals surface area contributed by atoms with Crippen molar-refractivity contribution in [2.24, 2.45) is 7.05 Å². The van der Waals surface area contributed by atoms with Gasteiger partial charge in [-0.3, -0.25) is 9.78 Å². The molecule has 4 rings (SSSR count). The van der Waals surface area contributed by atoms with Gasteiger partial charge in [0.15, 0.2) is 0 Å². The summed E-state index contributed by atoms with van der Waals surface area (Å²) in [6.45, 7) is 0.360. The molecule has 3 aromatic heterocycles. The van der Waals surface area contributed by atoms with Crippen LogP contribution < -0.4 is 5.32 Å². The molecular formula is C21H19N5O. The number of aromatic nitrogens is 4. The number of nitrogens with one attached hydrogen (secondary N) is 1. The van der Waals surface area contributed by atoms with Crippen LogP contribution in [0.25, 0.3) is 17.1 Å². The van der Waals surface area contributed by atoms with Crippen molar-refractivity contribution in [2.75, 3.05) is 0 Å². The fraction of sp³-hybridized carbons (Fsp3) is 0.0952. The lowest BCUT2D eigenvalue weighted by Gasteiger charge is -2.08. The summed E-state index contributed by atoms with van der Waals surface area (Å²) in [7, 11) is 1.96. The SMILES string of the molecule is Cn1cccc1-c1cc(C(=O)NCc2ccccn2)n(-c2ccccc2)n1. The highest BCUT2D eigenvalue weighted by atomic mass is 16.2. The fourth-order valence-electron chi connectivity index (χ4n) is 2.93. The predicted octanol–water partition coefficient (Wildman–Crippen LogP) is 3.20. The molecule has 1 aromatic carbocycles. The zero-order valence-electron chi connectivity index (χ0n) is 14.9. The molecule has 1 amide bonds. The lowest BCUT2D eigenvalue weighted by molar-refractivity contribution is 0.0942. The maximum Gasteiger partial charge on any atom is 0.270 e. The van der Waals surface area contributed by atoms with Crippen LogP contribution in [-0.4, -0.2) is 25.2 Å². The van der Waals surface area contributed by atoms with E-state index in [4.69, 9.17) is 0 Å². The number of hydrogen-bond acceptors (Lipinski definition) is 3. The van der Waals surface area contributed by atoms with Crippen LogP contribution in [0.2, 0.25) is 0 Å². The Bertz CT molecular complexity index is 1050. The molecule has 0 aliphatic rings. The molecule has 1 N–H and O–H groups in total. The van der Waals surface area contributed by atoms with Gasteiger partial charge in [0.2, 0.25) is 0 Å². The van der Waals surface area contributed by atoms with E-state index in [0.29, 0.717) is 12.2 Å². The summed E-state index contributed by atoms with van der Waals surface area (Å²) < 4.78 is 3.66. The molecule has 0 bridgehead atoms. The number of nitrogens with zero attached hydrogens (tertiary/aromatic N) is 4. The standard InChI is InChI=1S/C21H19N5O/c1-25-13-7-11-19(25)18-14-20(26(24-18)17-9-3-2-4-10-17)21(27)23-15-16-8-5-6-12-22-16/h2-14H,15H2,1H3,(H,23,27). The van der Waals surface area contributed by atoms with Gasteiger partial charge in [-0.15, -0.1) is 0 Å². The quantitative estimate of drug-likeness (QED) is 0.596. The Balaban J connectivity index is 1.68. The second-order valence-electron chi connectivity index (χ2n) is 6.17. The predicted molar refractivity (Wildman–Crippen MR) is 103 cm³/mol. The van der Waals surface area contributed by atoms with Crippen molar-refractivity contribution in [3.05, 3.63) is 90.5 Å². The first-order valence-electron chi connectivity index (χ1n) is 8.67. The van der Waals surface area contributed by atoms with E-state index >= 15 is 0 Å². The molecule has 6 nitrogen and oxygen atoms in total. The van der Waals surface area contributed by atoms with Gasteiger partial charge in [0.1, 0.15) is 11.4 Å². The van der Waals surface area contributed by atoms with E-state index in [1.54, 1.807) is 10.9 Å². The number of pyridine rings is 1. The number of para-hydroxylation sites is 1. The molecule has 0 atom stereocenters. The minimum Gasteiger partial charge on any atom is -0.349 e. The Kier molecular flexibility index (Phi) is 4.53. The highest BCUT2D eigenvalue weighted by molar-refractivity contribution is 5.94. The van der Waals surface area contributed by atoms with E-state index in [9.17, 15) is 4.79 Å². The molecule has 0 aliphatic carbocycles. The highest BCUT2D eigenvalue weighted by Gasteiger charge is 2.18. The largest absolute Gasteiger partial charge is 0.349 e. The Morgan fingerprint density at radius 3 is 2.56 bits per heavy atom. The average molecular weight is 357 g/mol. The average Bonchev–Trinajstić information content (AvgIpc) is 3.34. The van der Waals surface area contributed by atoms with Crippen LogP contribution in [0.15, 0.2) is 79.1 Å². The van der Waals surface area contributed by atoms with Crippen LogP contribution in [0.3, 0.4) is 0 Å². The van der Waals surface area contributed by atoms with Gasteiger partial charge in [0.05, 0.1) is 23.6 Å². The first-order valence-corrected chi connectivity index (χ1v) is 8.67. The Morgan fingerprint density at radius 2 is 1.85 bits per heavy atom. The summed E-state index contributed by atoms with van der Waals surface area (Å²) in [5, 5.41) is 7.61. The molecule has 0 saturated carbocycles. The molecule has 6 heteroatoms. The number of carbonyl (C=O) groups is 1. The lowest BCUT2D eigenvalue weighted by Crippen LogP contribution is -2.25. The van der Waals surface area contributed by atoms with E-state index in [1.165, 1.54) is 0 Å². The molecule has 0 aliphatic heterocycles. The van der Waals surface area contributed by atoms with Crippen LogP contribution in [0.4, 0.5) is 0 Å². The molecule has 0 spiro atoms. The Morgan fingerprint density at radius 1 is 1.04 bits per heavy atom. The molecule has 0 radical (unpaired) electrons. The van der Waals surface area contributed by atoms with Crippen molar-refractivity contribution in [3.8, 4) is 17.1 Å². The normalized spacial score (nSPS) is 10.7. The first kappa shape index (κ1) is 16.8. The summed E-state index contributed by atoms with van der Waals surface area (Å²) in [6.07, 6.45) is 3.67. The monoisotopic (exact) mass is 357 g/mol. The summed E-state index contributed by atoms with van der Waals surface area (Å²) in [5.74, 6) is -0.197. The number of hydrogen-bond donors (Lipinski definition) is 1. The molecule has 4 aromatic rings. The topological polar surface area (TPSA) is 64.7 Å². The van der Waals surface area contributed by atoms with Crippen molar-refractivity contribution in [1.82, 2.24) is 24.6 Å². The smallest absolute Gasteiger partial charge is 0.270 e. The van der Waals surface area contributed by atoms with Gasteiger partial charge in [-0.25, -0.2) is 4.68 Å². The number of carbonyl (C=O) groups excluding carboxylic acids is 1. The Labute approximate surface area is 157 Å². The van der Waals surface area contributed by atoms with Crippen molar-refractivity contribution in [3.63, 3.8) is 0 Å². The molecule has 134 valence electrons. The number of rotatable bonds is 5. The van der Waals surface area contributed by atoms with Gasteiger partial charge in [0, 0.05) is 19.4 Å². The van der Waals surface area contributed by atoms with E-state index in [0.717, 1.165) is 22.8 Å². The zero-order valence-corrected chi connectivity index (χ0v) is 14.9. The first-order chi connectivity index (χ1) is 13.2. The second-order valence-corrected chi connectivity index (χ2v) is 6.17. The molecule has 3 heterocycles. The minimum absolute atomic E-state index is 0.197. The van der Waals surface area contributed by atoms with Crippen molar-refractivity contribution < 1.29 is 4.79 Å². The van der Waals surface area contributed by atoms with Gasteiger partial charge in [-0.1, -0.05) is 24.3 Å². The lowest BCUT2D eigenvalue weighted by atomic mass is 10.2. The van der Waals surface area contributed by atoms with Crippen molar-refractivity contribution in [1.29, 1.82) is 0 Å². The van der Waals surface area contributed by atoms with Crippen molar-refractivity contribution >= 4 is 5.91 Å². The second kappa shape index (κ2) is 7.29. The van der Waals surface area contributed by atoms with Gasteiger partial charge in [-0.05, 0) is 42.5 Å². The molecule has 27 heavy (non-hydrogen) atoms. The minimum atomic E-state index is -0.197. The third-order valence-electron chi connectivity index (χ3n) is 4.31. The van der Waals surface area contributed by atoms with E-state index in [2.05, 4.69) is 15.4 Å². The van der Waals surface area contributed by atoms with Gasteiger partial charge in [0.25, 0.3) is 5.91 Å². The summed E-state index contributed by atoms with van der Waals surface area (Å²) in [5.41, 5.74) is 3.81. The number of aryl methyl sites for hydroxylation is 1. The third kappa shape index (κ3) is 3.50. The summed E-state index contributed by atoms with van der Waals surface area (Å²) >= 11 is 0. The maximum absolute atomic E-state index is 12.9. The van der Waals surface area contributed by atoms with E-state index in [1.807, 2.05) is 84.5 Å². The molecular weight excluding hydrogens is 338 g/mol. The molecule has 0 fully saturated rings. The molecule has 0 saturated heterocycles. The van der Waals surface area contributed by atoms with Crippen LogP contribution in [0.1, 0.15) is 16.2 Å².